The number of quaternary nitrogens is 1. The number of carbonyl (C=O) groups is 3. The summed E-state index contributed by atoms with van der Waals surface area (Å²) in [6, 6.07) is 4.97. The molecule has 126 valence electrons. The molecule has 1 unspecified atom stereocenters. The average Bonchev–Trinajstić information content (AvgIpc) is 2.48. The zero-order chi connectivity index (χ0) is 17.6. The highest BCUT2D eigenvalue weighted by molar-refractivity contribution is 9.10. The first kappa shape index (κ1) is 19.1. The maximum Gasteiger partial charge on any atom is 0.413 e. The SMILES string of the molecule is COC(=O)NC(=O)[C@H](C)[NH+](C)CC(=O)Nc1ccc(Br)cc1C. The van der Waals surface area contributed by atoms with Crippen LogP contribution in [-0.4, -0.2) is 44.7 Å². The molecule has 1 aromatic rings. The highest BCUT2D eigenvalue weighted by Gasteiger charge is 2.25. The molecule has 1 rings (SSSR count). The summed E-state index contributed by atoms with van der Waals surface area (Å²) in [5.74, 6) is -0.715. The number of nitrogens with one attached hydrogen (secondary N) is 3. The number of likely N-dealkylation sites (N-methyl/N-ethyl adjacent to an activating group) is 1. The van der Waals surface area contributed by atoms with Crippen LogP contribution in [0.4, 0.5) is 10.5 Å². The van der Waals surface area contributed by atoms with Gasteiger partial charge in [-0.15, -0.1) is 0 Å². The van der Waals surface area contributed by atoms with Gasteiger partial charge in [-0.1, -0.05) is 15.9 Å². The van der Waals surface area contributed by atoms with Crippen LogP contribution in [0.25, 0.3) is 0 Å². The largest absolute Gasteiger partial charge is 0.453 e. The first-order valence-electron chi connectivity index (χ1n) is 7.01. The summed E-state index contributed by atoms with van der Waals surface area (Å²) in [5, 5.41) is 4.90. The Morgan fingerprint density at radius 1 is 1.35 bits per heavy atom. The molecule has 0 heterocycles. The summed E-state index contributed by atoms with van der Waals surface area (Å²) in [6.07, 6.45) is -0.815. The van der Waals surface area contributed by atoms with E-state index >= 15 is 0 Å². The topological polar surface area (TPSA) is 88.9 Å². The van der Waals surface area contributed by atoms with Gasteiger partial charge in [0.1, 0.15) is 0 Å². The molecular weight excluding hydrogens is 366 g/mol. The third kappa shape index (κ3) is 5.99. The fourth-order valence-corrected chi connectivity index (χ4v) is 2.33. The molecule has 7 nitrogen and oxygen atoms in total. The molecule has 0 radical (unpaired) electrons. The second-order valence-electron chi connectivity index (χ2n) is 5.23. The van der Waals surface area contributed by atoms with E-state index in [-0.39, 0.29) is 12.5 Å². The number of halogens is 1. The van der Waals surface area contributed by atoms with Gasteiger partial charge in [0.25, 0.3) is 11.8 Å². The lowest BCUT2D eigenvalue weighted by Gasteiger charge is -2.20. The van der Waals surface area contributed by atoms with Gasteiger partial charge in [0, 0.05) is 10.2 Å². The van der Waals surface area contributed by atoms with E-state index in [4.69, 9.17) is 0 Å². The number of carbonyl (C=O) groups excluding carboxylic acids is 3. The van der Waals surface area contributed by atoms with Gasteiger partial charge in [-0.3, -0.25) is 14.9 Å². The number of amides is 3. The van der Waals surface area contributed by atoms with Gasteiger partial charge in [0.05, 0.1) is 14.2 Å². The molecule has 3 amide bonds. The van der Waals surface area contributed by atoms with Crippen molar-refractivity contribution >= 4 is 39.5 Å². The third-order valence-corrected chi connectivity index (χ3v) is 3.94. The van der Waals surface area contributed by atoms with Crippen LogP contribution in [0, 0.1) is 6.92 Å². The Kier molecular flexibility index (Phi) is 7.18. The number of benzene rings is 1. The van der Waals surface area contributed by atoms with Gasteiger partial charge >= 0.3 is 6.09 Å². The van der Waals surface area contributed by atoms with Crippen molar-refractivity contribution in [1.29, 1.82) is 0 Å². The maximum absolute atomic E-state index is 12.1. The van der Waals surface area contributed by atoms with Gasteiger partial charge in [-0.05, 0) is 37.6 Å². The highest BCUT2D eigenvalue weighted by atomic mass is 79.9. The average molecular weight is 387 g/mol. The molecule has 0 aliphatic carbocycles. The van der Waals surface area contributed by atoms with Crippen molar-refractivity contribution in [1.82, 2.24) is 5.32 Å². The van der Waals surface area contributed by atoms with E-state index in [1.165, 1.54) is 7.11 Å². The van der Waals surface area contributed by atoms with Crippen molar-refractivity contribution in [3.05, 3.63) is 28.2 Å². The Balaban J connectivity index is 2.58. The van der Waals surface area contributed by atoms with Gasteiger partial charge in [-0.2, -0.15) is 0 Å². The van der Waals surface area contributed by atoms with Crippen molar-refractivity contribution in [3.63, 3.8) is 0 Å². The van der Waals surface area contributed by atoms with Crippen LogP contribution in [0.1, 0.15) is 12.5 Å². The van der Waals surface area contributed by atoms with E-state index in [1.807, 2.05) is 19.1 Å². The lowest BCUT2D eigenvalue weighted by atomic mass is 10.2. The number of imide groups is 1. The molecule has 2 atom stereocenters. The monoisotopic (exact) mass is 386 g/mol. The van der Waals surface area contributed by atoms with Crippen LogP contribution in [0.5, 0.6) is 0 Å². The molecule has 0 aliphatic heterocycles. The minimum Gasteiger partial charge on any atom is -0.453 e. The van der Waals surface area contributed by atoms with E-state index in [2.05, 4.69) is 31.3 Å². The van der Waals surface area contributed by atoms with Crippen molar-refractivity contribution < 1.29 is 24.0 Å². The zero-order valence-electron chi connectivity index (χ0n) is 13.5. The molecule has 0 bridgehead atoms. The molecule has 0 saturated heterocycles. The van der Waals surface area contributed by atoms with Crippen LogP contribution < -0.4 is 15.5 Å². The number of rotatable bonds is 5. The van der Waals surface area contributed by atoms with E-state index in [1.54, 1.807) is 20.0 Å². The van der Waals surface area contributed by atoms with Crippen LogP contribution in [-0.2, 0) is 14.3 Å². The highest BCUT2D eigenvalue weighted by Crippen LogP contribution is 2.19. The minimum atomic E-state index is -0.815. The fraction of sp³-hybridized carbons (Fsp3) is 0.400. The number of aryl methyl sites for hydroxylation is 1. The fourth-order valence-electron chi connectivity index (χ4n) is 1.85. The van der Waals surface area contributed by atoms with Gasteiger partial charge in [-0.25, -0.2) is 4.79 Å². The van der Waals surface area contributed by atoms with Crippen LogP contribution in [0.15, 0.2) is 22.7 Å². The Hall–Kier alpha value is -1.93. The molecule has 8 heteroatoms. The Bertz CT molecular complexity index is 606. The van der Waals surface area contributed by atoms with Crippen LogP contribution in [0.3, 0.4) is 0 Å². The van der Waals surface area contributed by atoms with E-state index in [0.717, 1.165) is 15.7 Å². The summed E-state index contributed by atoms with van der Waals surface area (Å²) in [7, 11) is 2.88. The number of alkyl carbamates (subject to hydrolysis) is 1. The second-order valence-corrected chi connectivity index (χ2v) is 6.15. The molecular formula is C15H21BrN3O4+. The van der Waals surface area contributed by atoms with Crippen molar-refractivity contribution in [3.8, 4) is 0 Å². The minimum absolute atomic E-state index is 0.0886. The van der Waals surface area contributed by atoms with E-state index in [0.29, 0.717) is 4.90 Å². The lowest BCUT2D eigenvalue weighted by Crippen LogP contribution is -3.15. The first-order chi connectivity index (χ1) is 10.7. The van der Waals surface area contributed by atoms with Crippen LogP contribution >= 0.6 is 15.9 Å². The van der Waals surface area contributed by atoms with Crippen molar-refractivity contribution in [2.45, 2.75) is 19.9 Å². The van der Waals surface area contributed by atoms with E-state index < -0.39 is 18.0 Å². The molecule has 0 spiro atoms. The molecule has 23 heavy (non-hydrogen) atoms. The molecule has 0 saturated carbocycles. The van der Waals surface area contributed by atoms with E-state index in [9.17, 15) is 14.4 Å². The molecule has 0 aliphatic rings. The number of ether oxygens (including phenoxy) is 1. The Morgan fingerprint density at radius 2 is 2.00 bits per heavy atom. The number of hydrogen-bond donors (Lipinski definition) is 3. The summed E-state index contributed by atoms with van der Waals surface area (Å²) < 4.78 is 5.30. The number of anilines is 1. The molecule has 0 fully saturated rings. The third-order valence-electron chi connectivity index (χ3n) is 3.45. The number of methoxy groups -OCH3 is 1. The second kappa shape index (κ2) is 8.64. The summed E-state index contributed by atoms with van der Waals surface area (Å²) in [6.45, 7) is 3.61. The molecule has 1 aromatic carbocycles. The quantitative estimate of drug-likeness (QED) is 0.686. The van der Waals surface area contributed by atoms with Crippen molar-refractivity contribution in [2.75, 3.05) is 26.0 Å². The summed E-state index contributed by atoms with van der Waals surface area (Å²) >= 11 is 3.36. The van der Waals surface area contributed by atoms with Gasteiger partial charge in [0.15, 0.2) is 12.6 Å². The van der Waals surface area contributed by atoms with Gasteiger partial charge in [0.2, 0.25) is 0 Å². The standard InChI is InChI=1S/C15H20BrN3O4/c1-9-7-11(16)5-6-12(9)17-13(20)8-19(3)10(2)14(21)18-15(22)23-4/h5-7,10H,8H2,1-4H3,(H,17,20)(H,18,21,22)/p+1/t10-/m0/s1. The predicted molar refractivity (Wildman–Crippen MR) is 89.3 cm³/mol. The first-order valence-corrected chi connectivity index (χ1v) is 7.81. The zero-order valence-corrected chi connectivity index (χ0v) is 15.1. The summed E-state index contributed by atoms with van der Waals surface area (Å²) in [5.41, 5.74) is 1.65. The van der Waals surface area contributed by atoms with Gasteiger partial charge < -0.3 is 15.0 Å². The Labute approximate surface area is 143 Å². The van der Waals surface area contributed by atoms with Crippen LogP contribution in [0.2, 0.25) is 0 Å². The number of hydrogen-bond acceptors (Lipinski definition) is 4. The normalized spacial score (nSPS) is 12.9. The Morgan fingerprint density at radius 3 is 2.57 bits per heavy atom. The smallest absolute Gasteiger partial charge is 0.413 e. The predicted octanol–water partition coefficient (Wildman–Crippen LogP) is 0.482. The molecule has 3 N–H and O–H groups in total. The maximum atomic E-state index is 12.1. The molecule has 0 aromatic heterocycles. The summed E-state index contributed by atoms with van der Waals surface area (Å²) in [4.78, 5) is 35.6. The van der Waals surface area contributed by atoms with Crippen molar-refractivity contribution in [2.24, 2.45) is 0 Å². The lowest BCUT2D eigenvalue weighted by molar-refractivity contribution is -0.885.